The zero-order valence-electron chi connectivity index (χ0n) is 44.9. The molecule has 382 valence electrons. The van der Waals surface area contributed by atoms with Crippen LogP contribution in [0.3, 0.4) is 0 Å². The van der Waals surface area contributed by atoms with Crippen molar-refractivity contribution in [3.63, 3.8) is 0 Å². The average Bonchev–Trinajstić information content (AvgIpc) is 3.35. The summed E-state index contributed by atoms with van der Waals surface area (Å²) in [6, 6.07) is 17.8. The zero-order chi connectivity index (χ0) is 48.4. The molecule has 2 nitrogen and oxygen atoms in total. The van der Waals surface area contributed by atoms with Crippen LogP contribution in [0.2, 0.25) is 10.8 Å². The van der Waals surface area contributed by atoms with Crippen LogP contribution < -0.4 is 0 Å². The van der Waals surface area contributed by atoms with Crippen molar-refractivity contribution < 1.29 is 19.2 Å². The van der Waals surface area contributed by atoms with Gasteiger partial charge in [0.05, 0.1) is 5.57 Å². The Bertz CT molecular complexity index is 1550. The van der Waals surface area contributed by atoms with Gasteiger partial charge in [-0.25, -0.2) is 0 Å². The third-order valence-corrected chi connectivity index (χ3v) is 14.5. The number of hydrogen-bond acceptors (Lipinski definition) is 0. The molecule has 2 aromatic rings. The molecule has 0 atom stereocenters. The van der Waals surface area contributed by atoms with E-state index in [9.17, 15) is 5.53 Å². The molecule has 0 saturated heterocycles. The normalized spacial score (nSPS) is 11.1. The molecule has 3 heteroatoms. The Labute approximate surface area is 424 Å². The molecule has 2 aromatic carbocycles. The van der Waals surface area contributed by atoms with Gasteiger partial charge in [-0.2, -0.15) is 0 Å². The van der Waals surface area contributed by atoms with Crippen molar-refractivity contribution in [1.29, 1.82) is 0 Å². The van der Waals surface area contributed by atoms with Crippen molar-refractivity contribution >= 4 is 11.4 Å². The van der Waals surface area contributed by atoms with E-state index in [1.807, 2.05) is 14.4 Å². The summed E-state index contributed by atoms with van der Waals surface area (Å²) in [5.41, 5.74) is 16.6. The van der Waals surface area contributed by atoms with Gasteiger partial charge in [-0.05, 0) is 78.8 Å². The molecule has 0 aliphatic carbocycles. The van der Waals surface area contributed by atoms with Gasteiger partial charge in [0.2, 0.25) is 0 Å². The topological polar surface area (TPSA) is 36.4 Å². The molecule has 67 heavy (non-hydrogen) atoms. The van der Waals surface area contributed by atoms with Gasteiger partial charge >= 0.3 is 135 Å². The molecule has 0 aliphatic heterocycles. The van der Waals surface area contributed by atoms with Crippen LogP contribution >= 0.6 is 0 Å². The number of benzene rings is 2. The van der Waals surface area contributed by atoms with Gasteiger partial charge < -0.3 is 5.53 Å². The fraction of sp³-hybridized carbons (Fsp3) is 0.719. The second-order valence-corrected chi connectivity index (χ2v) is 21.0. The van der Waals surface area contributed by atoms with Crippen LogP contribution in [0.15, 0.2) is 60.2 Å². The minimum atomic E-state index is 0.843. The first kappa shape index (κ1) is 62.4. The number of hydrogen-bond donors (Lipinski definition) is 0. The van der Waals surface area contributed by atoms with Gasteiger partial charge in [0.15, 0.2) is 0 Å². The van der Waals surface area contributed by atoms with Crippen LogP contribution in [-0.4, -0.2) is 10.7 Å². The predicted molar refractivity (Wildman–Crippen MR) is 296 cm³/mol. The summed E-state index contributed by atoms with van der Waals surface area (Å²) >= 11 is 2.01. The molecule has 0 radical (unpaired) electrons. The second kappa shape index (κ2) is 49.8. The second-order valence-electron chi connectivity index (χ2n) is 19.5. The van der Waals surface area contributed by atoms with Gasteiger partial charge in [-0.15, -0.1) is 16.6 Å². The van der Waals surface area contributed by atoms with Crippen LogP contribution in [-0.2, 0) is 27.3 Å². The van der Waals surface area contributed by atoms with Crippen molar-refractivity contribution in [2.75, 3.05) is 0 Å². The maximum atomic E-state index is 9.35. The van der Waals surface area contributed by atoms with E-state index in [1.54, 1.807) is 0 Å². The molecule has 0 unspecified atom stereocenters. The van der Waals surface area contributed by atoms with Crippen molar-refractivity contribution in [2.24, 2.45) is 0 Å². The number of unbranched alkanes of at least 4 members (excludes halogenated alkanes) is 30. The van der Waals surface area contributed by atoms with Crippen LogP contribution in [0.25, 0.3) is 11.1 Å². The fourth-order valence-corrected chi connectivity index (χ4v) is 9.99. The van der Waals surface area contributed by atoms with Gasteiger partial charge in [-0.1, -0.05) is 172 Å². The van der Waals surface area contributed by atoms with E-state index in [2.05, 4.69) is 112 Å². The Kier molecular flexibility index (Phi) is 46.4. The first-order valence-corrected chi connectivity index (χ1v) is 30.3. The molecule has 0 bridgehead atoms. The number of allylic oxidation sites excluding steroid dienone is 2. The minimum absolute atomic E-state index is 0.843. The zero-order valence-corrected chi connectivity index (χ0v) is 45.9. The summed E-state index contributed by atoms with van der Waals surface area (Å²) in [5, 5.41) is 2.85. The van der Waals surface area contributed by atoms with E-state index in [0.717, 1.165) is 56.9 Å². The van der Waals surface area contributed by atoms with E-state index in [0.29, 0.717) is 0 Å². The summed E-state index contributed by atoms with van der Waals surface area (Å²) in [4.78, 5) is 3.29. The Morgan fingerprint density at radius 1 is 0.463 bits per heavy atom. The van der Waals surface area contributed by atoms with Crippen LogP contribution in [0.5, 0.6) is 0 Å². The van der Waals surface area contributed by atoms with Crippen molar-refractivity contribution in [2.45, 2.75) is 296 Å². The summed E-state index contributed by atoms with van der Waals surface area (Å²) in [6.07, 6.45) is 54.1. The first-order valence-electron chi connectivity index (χ1n) is 28.9. The average molecular weight is 962 g/mol. The monoisotopic (exact) mass is 961 g/mol. The van der Waals surface area contributed by atoms with E-state index in [-0.39, 0.29) is 0 Å². The molecule has 0 amide bonds. The molecule has 0 spiro atoms. The quantitative estimate of drug-likeness (QED) is 0.0121. The van der Waals surface area contributed by atoms with Crippen molar-refractivity contribution in [3.05, 3.63) is 88.0 Å². The van der Waals surface area contributed by atoms with Crippen LogP contribution in [0.1, 0.15) is 294 Å². The molecule has 0 saturated carbocycles. The standard InChI is InChI=1S/C46H68N2.2C9H19.Ni/c1-4-7-10-11-12-13-14-15-16-17-18-19-20-21-22-23-24-25-26-27-32-43-33-28-29-34-45(43)46(39-42(40-48-47)31-9-6-3)44-37-35-41(36-38-44)30-8-5-2;2*1-3-5-7-9-8-6-4-2;/h28-29,33-39H,4-23,26-27,30-32H2,1-3H3;2*1,3-9H2,2H3;. The fourth-order valence-electron chi connectivity index (χ4n) is 8.75. The van der Waals surface area contributed by atoms with Crippen LogP contribution in [0.4, 0.5) is 0 Å². The Morgan fingerprint density at radius 3 is 1.37 bits per heavy atom. The van der Waals surface area contributed by atoms with E-state index in [4.69, 9.17) is 0 Å². The SMILES string of the molecule is CCCCCCCCCCCCCCCCCC#CCCCc1ccccc1C(=CC(=C=[N+]=[N-])CCCC)c1ccc(CCCC)cc1.CCCCCCCC[CH2][Ni][CH2]CCCCCCCC. The van der Waals surface area contributed by atoms with Gasteiger partial charge in [0, 0.05) is 12.8 Å². The molecule has 0 N–H and O–H groups in total. The molecular formula is C64H106N2Ni. The van der Waals surface area contributed by atoms with E-state index >= 15 is 0 Å². The summed E-state index contributed by atoms with van der Waals surface area (Å²) in [5.74, 6) is 9.77. The van der Waals surface area contributed by atoms with Crippen molar-refractivity contribution in [3.8, 4) is 11.8 Å². The molecule has 0 heterocycles. The third kappa shape index (κ3) is 37.9. The predicted octanol–water partition coefficient (Wildman–Crippen LogP) is 21.5. The number of aryl methyl sites for hydroxylation is 2. The number of rotatable bonds is 43. The summed E-state index contributed by atoms with van der Waals surface area (Å²) in [7, 11) is 0. The molecule has 2 rings (SSSR count). The van der Waals surface area contributed by atoms with E-state index in [1.165, 1.54) is 238 Å². The van der Waals surface area contributed by atoms with Gasteiger partial charge in [0.1, 0.15) is 0 Å². The molecule has 0 aliphatic rings. The van der Waals surface area contributed by atoms with Crippen LogP contribution in [0, 0.1) is 11.8 Å². The Balaban J connectivity index is 0.000000990. The van der Waals surface area contributed by atoms with Gasteiger partial charge in [-0.3, -0.25) is 0 Å². The van der Waals surface area contributed by atoms with Gasteiger partial charge in [0.25, 0.3) is 0 Å². The summed E-state index contributed by atoms with van der Waals surface area (Å²) < 4.78 is 0. The first-order chi connectivity index (χ1) is 33.1. The van der Waals surface area contributed by atoms with E-state index < -0.39 is 0 Å². The molecular weight excluding hydrogens is 855 g/mol. The van der Waals surface area contributed by atoms with Crippen molar-refractivity contribution in [1.82, 2.24) is 0 Å². The molecule has 0 aromatic heterocycles. The summed E-state index contributed by atoms with van der Waals surface area (Å²) in [6.45, 7) is 11.3. The molecule has 0 fully saturated rings. The Morgan fingerprint density at radius 2 is 0.896 bits per heavy atom. The maximum absolute atomic E-state index is 9.35. The number of nitrogens with zero attached hydrogens (tertiary/aromatic N) is 2. The Hall–Kier alpha value is -2.61. The third-order valence-electron chi connectivity index (χ3n) is 13.1.